The standard InChI is InChI=1S/C18H18N2O4/c21-17(20-9-11-23-12-10-20)16(14-5-2-1-3-6-14)24-18(22)15-7-4-8-19-13-15/h1-8,13,16H,9-12H2/t16-/m0/s1. The van der Waals surface area contributed by atoms with Crippen LogP contribution < -0.4 is 0 Å². The van der Waals surface area contributed by atoms with E-state index < -0.39 is 12.1 Å². The van der Waals surface area contributed by atoms with Crippen LogP contribution in [0, 0.1) is 0 Å². The Morgan fingerprint density at radius 3 is 2.50 bits per heavy atom. The van der Waals surface area contributed by atoms with E-state index in [-0.39, 0.29) is 5.91 Å². The van der Waals surface area contributed by atoms with Crippen molar-refractivity contribution in [2.24, 2.45) is 0 Å². The molecular weight excluding hydrogens is 308 g/mol. The van der Waals surface area contributed by atoms with Gasteiger partial charge >= 0.3 is 5.97 Å². The minimum absolute atomic E-state index is 0.234. The van der Waals surface area contributed by atoms with Crippen LogP contribution in [0.4, 0.5) is 0 Å². The van der Waals surface area contributed by atoms with E-state index in [1.165, 1.54) is 6.20 Å². The number of pyridine rings is 1. The Bertz CT molecular complexity index is 685. The normalized spacial score (nSPS) is 15.6. The first-order valence-electron chi connectivity index (χ1n) is 7.78. The number of carbonyl (C=O) groups is 2. The van der Waals surface area contributed by atoms with E-state index in [1.54, 1.807) is 35.4 Å². The van der Waals surface area contributed by atoms with Gasteiger partial charge in [0.15, 0.2) is 0 Å². The van der Waals surface area contributed by atoms with Crippen LogP contribution in [0.3, 0.4) is 0 Å². The highest BCUT2D eigenvalue weighted by atomic mass is 16.5. The molecule has 1 aromatic carbocycles. The van der Waals surface area contributed by atoms with Crippen molar-refractivity contribution < 1.29 is 19.1 Å². The number of hydrogen-bond acceptors (Lipinski definition) is 5. The van der Waals surface area contributed by atoms with Crippen molar-refractivity contribution in [1.82, 2.24) is 9.88 Å². The molecule has 2 aromatic rings. The first-order valence-corrected chi connectivity index (χ1v) is 7.78. The molecule has 0 unspecified atom stereocenters. The molecule has 124 valence electrons. The first-order chi connectivity index (χ1) is 11.8. The quantitative estimate of drug-likeness (QED) is 0.802. The predicted molar refractivity (Wildman–Crippen MR) is 86.2 cm³/mol. The highest BCUT2D eigenvalue weighted by Crippen LogP contribution is 2.22. The lowest BCUT2D eigenvalue weighted by Crippen LogP contribution is -2.44. The number of amides is 1. The molecule has 0 spiro atoms. The van der Waals surface area contributed by atoms with Crippen LogP contribution in [0.15, 0.2) is 54.9 Å². The fourth-order valence-electron chi connectivity index (χ4n) is 2.50. The van der Waals surface area contributed by atoms with Gasteiger partial charge in [0.2, 0.25) is 6.10 Å². The third-order valence-corrected chi connectivity index (χ3v) is 3.77. The van der Waals surface area contributed by atoms with Gasteiger partial charge in [0.25, 0.3) is 5.91 Å². The number of morpholine rings is 1. The smallest absolute Gasteiger partial charge is 0.340 e. The molecule has 0 saturated carbocycles. The summed E-state index contributed by atoms with van der Waals surface area (Å²) in [5.41, 5.74) is 0.958. The number of hydrogen-bond donors (Lipinski definition) is 0. The number of nitrogens with zero attached hydrogens (tertiary/aromatic N) is 2. The lowest BCUT2D eigenvalue weighted by Gasteiger charge is -2.30. The number of aromatic nitrogens is 1. The Labute approximate surface area is 140 Å². The van der Waals surface area contributed by atoms with Gasteiger partial charge in [0.05, 0.1) is 18.8 Å². The van der Waals surface area contributed by atoms with Gasteiger partial charge in [-0.3, -0.25) is 9.78 Å². The summed E-state index contributed by atoms with van der Waals surface area (Å²) in [5.74, 6) is -0.805. The molecule has 1 amide bonds. The molecule has 24 heavy (non-hydrogen) atoms. The maximum Gasteiger partial charge on any atom is 0.340 e. The maximum absolute atomic E-state index is 12.8. The predicted octanol–water partition coefficient (Wildman–Crippen LogP) is 1.84. The van der Waals surface area contributed by atoms with Crippen LogP contribution in [-0.4, -0.2) is 48.1 Å². The number of carbonyl (C=O) groups excluding carboxylic acids is 2. The van der Waals surface area contributed by atoms with Crippen molar-refractivity contribution in [3.63, 3.8) is 0 Å². The summed E-state index contributed by atoms with van der Waals surface area (Å²) in [4.78, 5) is 30.8. The van der Waals surface area contributed by atoms with Gasteiger partial charge in [-0.05, 0) is 12.1 Å². The molecule has 6 nitrogen and oxygen atoms in total. The lowest BCUT2D eigenvalue weighted by atomic mass is 10.1. The largest absolute Gasteiger partial charge is 0.444 e. The van der Waals surface area contributed by atoms with Gasteiger partial charge in [-0.15, -0.1) is 0 Å². The molecule has 3 rings (SSSR count). The zero-order valence-corrected chi connectivity index (χ0v) is 13.1. The molecule has 6 heteroatoms. The molecule has 1 aromatic heterocycles. The summed E-state index contributed by atoms with van der Waals surface area (Å²) in [6.45, 7) is 1.97. The second kappa shape index (κ2) is 7.70. The SMILES string of the molecule is O=C(O[C@H](C(=O)N1CCOCC1)c1ccccc1)c1cccnc1. The Kier molecular flexibility index (Phi) is 5.18. The number of rotatable bonds is 4. The zero-order valence-electron chi connectivity index (χ0n) is 13.1. The number of esters is 1. The van der Waals surface area contributed by atoms with Gasteiger partial charge in [-0.2, -0.15) is 0 Å². The van der Waals surface area contributed by atoms with E-state index in [4.69, 9.17) is 9.47 Å². The minimum atomic E-state index is -0.975. The van der Waals surface area contributed by atoms with Crippen LogP contribution in [0.5, 0.6) is 0 Å². The summed E-state index contributed by atoms with van der Waals surface area (Å²) in [6, 6.07) is 12.3. The molecule has 0 aliphatic carbocycles. The van der Waals surface area contributed by atoms with Crippen LogP contribution in [0.1, 0.15) is 22.0 Å². The zero-order chi connectivity index (χ0) is 16.8. The second-order valence-electron chi connectivity index (χ2n) is 5.38. The van der Waals surface area contributed by atoms with E-state index >= 15 is 0 Å². The molecule has 1 atom stereocenters. The summed E-state index contributed by atoms with van der Waals surface area (Å²) < 4.78 is 10.8. The van der Waals surface area contributed by atoms with Crippen molar-refractivity contribution in [1.29, 1.82) is 0 Å². The van der Waals surface area contributed by atoms with E-state index in [9.17, 15) is 9.59 Å². The van der Waals surface area contributed by atoms with Gasteiger partial charge in [-0.25, -0.2) is 4.79 Å². The molecule has 2 heterocycles. The van der Waals surface area contributed by atoms with Crippen molar-refractivity contribution in [2.45, 2.75) is 6.10 Å². The fraction of sp³-hybridized carbons (Fsp3) is 0.278. The van der Waals surface area contributed by atoms with Crippen molar-refractivity contribution in [3.8, 4) is 0 Å². The molecule has 1 aliphatic rings. The fourth-order valence-corrected chi connectivity index (χ4v) is 2.50. The highest BCUT2D eigenvalue weighted by molar-refractivity contribution is 5.92. The van der Waals surface area contributed by atoms with Crippen molar-refractivity contribution >= 4 is 11.9 Å². The van der Waals surface area contributed by atoms with Crippen molar-refractivity contribution in [2.75, 3.05) is 26.3 Å². The molecule has 0 radical (unpaired) electrons. The van der Waals surface area contributed by atoms with E-state index in [0.29, 0.717) is 37.4 Å². The topological polar surface area (TPSA) is 68.7 Å². The monoisotopic (exact) mass is 326 g/mol. The van der Waals surface area contributed by atoms with Crippen LogP contribution in [0.25, 0.3) is 0 Å². The summed E-state index contributed by atoms with van der Waals surface area (Å²) in [7, 11) is 0. The third kappa shape index (κ3) is 3.78. The second-order valence-corrected chi connectivity index (χ2v) is 5.38. The van der Waals surface area contributed by atoms with Crippen LogP contribution in [-0.2, 0) is 14.3 Å². The molecule has 0 bridgehead atoms. The van der Waals surface area contributed by atoms with E-state index in [0.717, 1.165) is 0 Å². The lowest BCUT2D eigenvalue weighted by molar-refractivity contribution is -0.145. The van der Waals surface area contributed by atoms with Gasteiger partial charge in [-0.1, -0.05) is 30.3 Å². The third-order valence-electron chi connectivity index (χ3n) is 3.77. The van der Waals surface area contributed by atoms with Gasteiger partial charge < -0.3 is 14.4 Å². The average molecular weight is 326 g/mol. The average Bonchev–Trinajstić information content (AvgIpc) is 2.67. The van der Waals surface area contributed by atoms with Crippen LogP contribution in [0.2, 0.25) is 0 Å². The van der Waals surface area contributed by atoms with Crippen LogP contribution >= 0.6 is 0 Å². The Balaban J connectivity index is 1.82. The molecule has 1 saturated heterocycles. The molecule has 1 fully saturated rings. The molecule has 0 N–H and O–H groups in total. The highest BCUT2D eigenvalue weighted by Gasteiger charge is 2.30. The molecule has 1 aliphatic heterocycles. The Morgan fingerprint density at radius 2 is 1.83 bits per heavy atom. The van der Waals surface area contributed by atoms with Gasteiger partial charge in [0, 0.05) is 31.0 Å². The van der Waals surface area contributed by atoms with E-state index in [2.05, 4.69) is 4.98 Å². The maximum atomic E-state index is 12.8. The summed E-state index contributed by atoms with van der Waals surface area (Å²) in [6.07, 6.45) is 2.02. The van der Waals surface area contributed by atoms with E-state index in [1.807, 2.05) is 18.2 Å². The number of ether oxygens (including phenoxy) is 2. The first kappa shape index (κ1) is 16.1. The molecular formula is C18H18N2O4. The summed E-state index contributed by atoms with van der Waals surface area (Å²) in [5, 5.41) is 0. The van der Waals surface area contributed by atoms with Gasteiger partial charge in [0.1, 0.15) is 0 Å². The van der Waals surface area contributed by atoms with Crippen molar-refractivity contribution in [3.05, 3.63) is 66.0 Å². The number of benzene rings is 1. The minimum Gasteiger partial charge on any atom is -0.444 e. The Hall–Kier alpha value is -2.73. The summed E-state index contributed by atoms with van der Waals surface area (Å²) >= 11 is 0. The Morgan fingerprint density at radius 1 is 1.08 bits per heavy atom.